The van der Waals surface area contributed by atoms with Crippen LogP contribution in [0.2, 0.25) is 0 Å². The Bertz CT molecular complexity index is 523. The summed E-state index contributed by atoms with van der Waals surface area (Å²) < 4.78 is 0. The first-order chi connectivity index (χ1) is 8.20. The Labute approximate surface area is 106 Å². The van der Waals surface area contributed by atoms with Gasteiger partial charge in [-0.1, -0.05) is 29.5 Å². The van der Waals surface area contributed by atoms with Gasteiger partial charge in [-0.05, 0) is 37.1 Å². The van der Waals surface area contributed by atoms with E-state index in [2.05, 4.69) is 37.0 Å². The lowest BCUT2D eigenvalue weighted by Gasteiger charge is -2.09. The van der Waals surface area contributed by atoms with E-state index in [9.17, 15) is 0 Å². The van der Waals surface area contributed by atoms with Crippen LogP contribution in [0.5, 0.6) is 0 Å². The van der Waals surface area contributed by atoms with Gasteiger partial charge in [-0.15, -0.1) is 0 Å². The molecule has 2 rings (SSSR count). The fraction of sp³-hybridized carbons (Fsp3) is 0.214. The molecule has 0 fully saturated rings. The maximum atomic E-state index is 5.73. The number of aromatic nitrogens is 1. The molecule has 0 radical (unpaired) electrons. The Morgan fingerprint density at radius 1 is 1.18 bits per heavy atom. The van der Waals surface area contributed by atoms with Crippen LogP contribution in [0.15, 0.2) is 46.5 Å². The third-order valence-corrected chi connectivity index (χ3v) is 3.91. The zero-order valence-corrected chi connectivity index (χ0v) is 10.9. The van der Waals surface area contributed by atoms with Gasteiger partial charge in [-0.25, -0.2) is 0 Å². The highest BCUT2D eigenvalue weighted by Gasteiger charge is 2.05. The topological polar surface area (TPSA) is 38.9 Å². The van der Waals surface area contributed by atoms with Crippen LogP contribution >= 0.6 is 11.8 Å². The summed E-state index contributed by atoms with van der Waals surface area (Å²) in [4.78, 5) is 6.56. The van der Waals surface area contributed by atoms with E-state index < -0.39 is 0 Å². The number of nitrogens with two attached hydrogens (primary N) is 1. The van der Waals surface area contributed by atoms with Crippen molar-refractivity contribution in [3.05, 3.63) is 53.3 Å². The van der Waals surface area contributed by atoms with Crippen LogP contribution in [0, 0.1) is 13.8 Å². The molecule has 0 aliphatic heterocycles. The van der Waals surface area contributed by atoms with Crippen molar-refractivity contribution in [2.24, 2.45) is 5.73 Å². The fourth-order valence-electron chi connectivity index (χ4n) is 1.70. The van der Waals surface area contributed by atoms with Gasteiger partial charge < -0.3 is 5.73 Å². The Morgan fingerprint density at radius 2 is 2.00 bits per heavy atom. The molecular formula is C14H16N2S. The molecule has 88 valence electrons. The molecule has 1 heterocycles. The summed E-state index contributed by atoms with van der Waals surface area (Å²) in [6.07, 6.45) is 3.67. The van der Waals surface area contributed by atoms with Crippen molar-refractivity contribution in [1.82, 2.24) is 4.98 Å². The van der Waals surface area contributed by atoms with E-state index in [4.69, 9.17) is 5.73 Å². The Kier molecular flexibility index (Phi) is 3.82. The molecule has 0 atom stereocenters. The van der Waals surface area contributed by atoms with Crippen LogP contribution in [0.1, 0.15) is 16.7 Å². The Morgan fingerprint density at radius 3 is 2.71 bits per heavy atom. The lowest BCUT2D eigenvalue weighted by Crippen LogP contribution is -1.98. The molecule has 2 N–H and O–H groups in total. The highest BCUT2D eigenvalue weighted by Crippen LogP contribution is 2.32. The average Bonchev–Trinajstić information content (AvgIpc) is 2.33. The van der Waals surface area contributed by atoms with E-state index in [1.54, 1.807) is 18.0 Å². The maximum Gasteiger partial charge on any atom is 0.0410 e. The number of aryl methyl sites for hydroxylation is 2. The van der Waals surface area contributed by atoms with Crippen molar-refractivity contribution in [2.75, 3.05) is 0 Å². The highest BCUT2D eigenvalue weighted by atomic mass is 32.2. The van der Waals surface area contributed by atoms with Crippen LogP contribution in [-0.2, 0) is 6.54 Å². The van der Waals surface area contributed by atoms with Crippen molar-refractivity contribution in [2.45, 2.75) is 30.2 Å². The van der Waals surface area contributed by atoms with E-state index in [0.29, 0.717) is 6.54 Å². The summed E-state index contributed by atoms with van der Waals surface area (Å²) in [5.74, 6) is 0. The molecule has 0 aliphatic carbocycles. The Hall–Kier alpha value is -1.32. The van der Waals surface area contributed by atoms with Crippen LogP contribution in [0.25, 0.3) is 0 Å². The maximum absolute atomic E-state index is 5.73. The molecule has 0 unspecified atom stereocenters. The molecular weight excluding hydrogens is 228 g/mol. The first-order valence-corrected chi connectivity index (χ1v) is 6.40. The zero-order chi connectivity index (χ0) is 12.3. The molecule has 1 aromatic heterocycles. The molecule has 0 bridgehead atoms. The summed E-state index contributed by atoms with van der Waals surface area (Å²) in [5, 5.41) is 0. The van der Waals surface area contributed by atoms with Crippen LogP contribution < -0.4 is 5.73 Å². The predicted molar refractivity (Wildman–Crippen MR) is 72.2 cm³/mol. The van der Waals surface area contributed by atoms with Crippen LogP contribution in [-0.4, -0.2) is 4.98 Å². The standard InChI is InChI=1S/C14H16N2S/c1-10-3-4-13(11(2)7-10)17-14-9-16-6-5-12(14)8-15/h3-7,9H,8,15H2,1-2H3. The number of pyridine rings is 1. The lowest BCUT2D eigenvalue weighted by atomic mass is 10.2. The van der Waals surface area contributed by atoms with Gasteiger partial charge >= 0.3 is 0 Å². The third-order valence-electron chi connectivity index (χ3n) is 2.64. The second-order valence-electron chi connectivity index (χ2n) is 4.06. The van der Waals surface area contributed by atoms with E-state index in [0.717, 1.165) is 10.5 Å². The fourth-order valence-corrected chi connectivity index (χ4v) is 2.69. The van der Waals surface area contributed by atoms with E-state index in [-0.39, 0.29) is 0 Å². The van der Waals surface area contributed by atoms with E-state index >= 15 is 0 Å². The van der Waals surface area contributed by atoms with Crippen molar-refractivity contribution in [3.63, 3.8) is 0 Å². The zero-order valence-electron chi connectivity index (χ0n) is 10.1. The molecule has 0 aliphatic rings. The molecule has 0 saturated heterocycles. The van der Waals surface area contributed by atoms with Gasteiger partial charge in [-0.2, -0.15) is 0 Å². The number of rotatable bonds is 3. The Balaban J connectivity index is 2.31. The van der Waals surface area contributed by atoms with Gasteiger partial charge in [-0.3, -0.25) is 4.98 Å². The van der Waals surface area contributed by atoms with Gasteiger partial charge in [0.1, 0.15) is 0 Å². The summed E-state index contributed by atoms with van der Waals surface area (Å²) in [6, 6.07) is 8.46. The quantitative estimate of drug-likeness (QED) is 0.900. The summed E-state index contributed by atoms with van der Waals surface area (Å²) in [6.45, 7) is 4.79. The van der Waals surface area contributed by atoms with Gasteiger partial charge in [0.2, 0.25) is 0 Å². The molecule has 2 nitrogen and oxygen atoms in total. The SMILES string of the molecule is Cc1ccc(Sc2cnccc2CN)c(C)c1. The van der Waals surface area contributed by atoms with Crippen molar-refractivity contribution in [3.8, 4) is 0 Å². The number of hydrogen-bond acceptors (Lipinski definition) is 3. The van der Waals surface area contributed by atoms with Gasteiger partial charge in [0.15, 0.2) is 0 Å². The summed E-state index contributed by atoms with van der Waals surface area (Å²) in [5.41, 5.74) is 9.45. The minimum absolute atomic E-state index is 0.551. The summed E-state index contributed by atoms with van der Waals surface area (Å²) >= 11 is 1.73. The number of nitrogens with zero attached hydrogens (tertiary/aromatic N) is 1. The average molecular weight is 244 g/mol. The van der Waals surface area contributed by atoms with Gasteiger partial charge in [0, 0.05) is 28.7 Å². The first-order valence-electron chi connectivity index (χ1n) is 5.59. The van der Waals surface area contributed by atoms with E-state index in [1.807, 2.05) is 12.3 Å². The first kappa shape index (κ1) is 12.1. The molecule has 0 saturated carbocycles. The molecule has 2 aromatic rings. The molecule has 1 aromatic carbocycles. The van der Waals surface area contributed by atoms with Crippen molar-refractivity contribution >= 4 is 11.8 Å². The highest BCUT2D eigenvalue weighted by molar-refractivity contribution is 7.99. The molecule has 0 amide bonds. The minimum Gasteiger partial charge on any atom is -0.326 e. The normalized spacial score (nSPS) is 10.5. The van der Waals surface area contributed by atoms with Gasteiger partial charge in [0.05, 0.1) is 0 Å². The molecule has 0 spiro atoms. The smallest absolute Gasteiger partial charge is 0.0410 e. The second-order valence-corrected chi connectivity index (χ2v) is 5.14. The number of benzene rings is 1. The summed E-state index contributed by atoms with van der Waals surface area (Å²) in [7, 11) is 0. The monoisotopic (exact) mass is 244 g/mol. The number of hydrogen-bond donors (Lipinski definition) is 1. The predicted octanol–water partition coefficient (Wildman–Crippen LogP) is 3.31. The van der Waals surface area contributed by atoms with Gasteiger partial charge in [0.25, 0.3) is 0 Å². The van der Waals surface area contributed by atoms with Crippen molar-refractivity contribution in [1.29, 1.82) is 0 Å². The third kappa shape index (κ3) is 2.87. The van der Waals surface area contributed by atoms with E-state index in [1.165, 1.54) is 16.0 Å². The molecule has 17 heavy (non-hydrogen) atoms. The minimum atomic E-state index is 0.551. The van der Waals surface area contributed by atoms with Crippen molar-refractivity contribution < 1.29 is 0 Å². The second kappa shape index (κ2) is 5.34. The lowest BCUT2D eigenvalue weighted by molar-refractivity contribution is 1.00. The van der Waals surface area contributed by atoms with Crippen LogP contribution in [0.3, 0.4) is 0 Å². The van der Waals surface area contributed by atoms with Crippen LogP contribution in [0.4, 0.5) is 0 Å². The largest absolute Gasteiger partial charge is 0.326 e. The molecule has 3 heteroatoms.